The van der Waals surface area contributed by atoms with Crippen molar-refractivity contribution in [3.05, 3.63) is 59.8 Å². The van der Waals surface area contributed by atoms with Crippen LogP contribution in [0, 0.1) is 0 Å². The van der Waals surface area contributed by atoms with Gasteiger partial charge < -0.3 is 14.5 Å². The molecule has 1 amide bonds. The number of hydrogen-bond acceptors (Lipinski definition) is 2. The normalized spacial score (nSPS) is 14.0. The van der Waals surface area contributed by atoms with Gasteiger partial charge in [-0.1, -0.05) is 18.2 Å². The maximum atomic E-state index is 12.1. The van der Waals surface area contributed by atoms with Crippen molar-refractivity contribution in [3.8, 4) is 0 Å². The van der Waals surface area contributed by atoms with Crippen molar-refractivity contribution in [1.29, 1.82) is 0 Å². The van der Waals surface area contributed by atoms with E-state index in [0.29, 0.717) is 6.54 Å². The summed E-state index contributed by atoms with van der Waals surface area (Å²) in [5, 5.41) is 4.11. The molecule has 0 unspecified atom stereocenters. The predicted octanol–water partition coefficient (Wildman–Crippen LogP) is 3.08. The highest BCUT2D eigenvalue weighted by Gasteiger charge is 2.12. The van der Waals surface area contributed by atoms with E-state index in [1.165, 1.54) is 18.7 Å². The molecule has 0 atom stereocenters. The smallest absolute Gasteiger partial charge is 0.244 e. The second-order valence-electron chi connectivity index (χ2n) is 6.89. The highest BCUT2D eigenvalue weighted by Crippen LogP contribution is 2.21. The summed E-state index contributed by atoms with van der Waals surface area (Å²) < 4.78 is 4.33. The molecule has 0 bridgehead atoms. The van der Waals surface area contributed by atoms with Gasteiger partial charge in [0.15, 0.2) is 0 Å². The van der Waals surface area contributed by atoms with Crippen LogP contribution in [-0.2, 0) is 31.2 Å². The van der Waals surface area contributed by atoms with Gasteiger partial charge in [-0.15, -0.1) is 0 Å². The Hall–Kier alpha value is -2.82. The van der Waals surface area contributed by atoms with Gasteiger partial charge in [-0.25, -0.2) is 4.98 Å². The lowest BCUT2D eigenvalue weighted by Gasteiger charge is -2.11. The fraction of sp³-hybridized carbons (Fsp3) is 0.333. The Bertz CT molecular complexity index is 940. The monoisotopic (exact) mass is 348 g/mol. The number of carbonyl (C=O) groups is 1. The number of carbonyl (C=O) groups excluding carboxylic acids is 1. The number of benzene rings is 1. The minimum absolute atomic E-state index is 0.0677. The van der Waals surface area contributed by atoms with Gasteiger partial charge in [0, 0.05) is 67.9 Å². The molecule has 26 heavy (non-hydrogen) atoms. The van der Waals surface area contributed by atoms with Crippen LogP contribution >= 0.6 is 0 Å². The summed E-state index contributed by atoms with van der Waals surface area (Å²) in [6, 6.07) is 8.20. The summed E-state index contributed by atoms with van der Waals surface area (Å²) in [4.78, 5) is 16.8. The van der Waals surface area contributed by atoms with Crippen LogP contribution in [0.4, 0.5) is 0 Å². The van der Waals surface area contributed by atoms with E-state index in [1.54, 1.807) is 6.08 Å². The minimum atomic E-state index is -0.0677. The Balaban J connectivity index is 1.33. The Morgan fingerprint density at radius 2 is 2.15 bits per heavy atom. The first-order valence-electron chi connectivity index (χ1n) is 9.25. The van der Waals surface area contributed by atoms with E-state index >= 15 is 0 Å². The van der Waals surface area contributed by atoms with Gasteiger partial charge in [0.05, 0.1) is 5.69 Å². The third kappa shape index (κ3) is 3.43. The van der Waals surface area contributed by atoms with Crippen molar-refractivity contribution in [2.75, 3.05) is 6.54 Å². The molecule has 0 fully saturated rings. The Labute approximate surface area is 153 Å². The number of aryl methyl sites for hydroxylation is 3. The molecule has 5 heteroatoms. The zero-order chi connectivity index (χ0) is 17.9. The highest BCUT2D eigenvalue weighted by atomic mass is 16.1. The average molecular weight is 348 g/mol. The van der Waals surface area contributed by atoms with Crippen molar-refractivity contribution in [2.45, 2.75) is 32.2 Å². The quantitative estimate of drug-likeness (QED) is 0.721. The number of fused-ring (bicyclic) bond motifs is 2. The van der Waals surface area contributed by atoms with E-state index in [2.05, 4.69) is 37.8 Å². The first kappa shape index (κ1) is 16.6. The molecule has 4 rings (SSSR count). The van der Waals surface area contributed by atoms with Gasteiger partial charge in [0.1, 0.15) is 5.82 Å². The molecule has 3 heterocycles. The van der Waals surface area contributed by atoms with E-state index in [-0.39, 0.29) is 5.91 Å². The second kappa shape index (κ2) is 7.20. The maximum absolute atomic E-state index is 12.1. The Morgan fingerprint density at radius 1 is 1.27 bits per heavy atom. The molecular weight excluding hydrogens is 324 g/mol. The van der Waals surface area contributed by atoms with Crippen LogP contribution in [0.3, 0.4) is 0 Å². The summed E-state index contributed by atoms with van der Waals surface area (Å²) in [5.74, 6) is 1.12. The molecule has 0 radical (unpaired) electrons. The average Bonchev–Trinajstić information content (AvgIpc) is 3.21. The summed E-state index contributed by atoms with van der Waals surface area (Å²) in [5.41, 5.74) is 3.29. The van der Waals surface area contributed by atoms with Crippen LogP contribution in [0.2, 0.25) is 0 Å². The van der Waals surface area contributed by atoms with Crippen LogP contribution < -0.4 is 5.32 Å². The third-order valence-electron chi connectivity index (χ3n) is 4.98. The van der Waals surface area contributed by atoms with Crippen LogP contribution in [-0.4, -0.2) is 26.6 Å². The molecule has 134 valence electrons. The zero-order valence-electron chi connectivity index (χ0n) is 15.1. The number of nitrogens with zero attached hydrogens (tertiary/aromatic N) is 3. The van der Waals surface area contributed by atoms with Gasteiger partial charge in [0.25, 0.3) is 0 Å². The van der Waals surface area contributed by atoms with E-state index in [9.17, 15) is 4.79 Å². The summed E-state index contributed by atoms with van der Waals surface area (Å²) >= 11 is 0. The third-order valence-corrected chi connectivity index (χ3v) is 4.98. The molecule has 1 aromatic carbocycles. The van der Waals surface area contributed by atoms with Crippen molar-refractivity contribution >= 4 is 22.9 Å². The maximum Gasteiger partial charge on any atom is 0.244 e. The van der Waals surface area contributed by atoms with Crippen molar-refractivity contribution in [2.24, 2.45) is 7.05 Å². The van der Waals surface area contributed by atoms with Gasteiger partial charge in [0.2, 0.25) is 5.91 Å². The Kier molecular flexibility index (Phi) is 4.61. The minimum Gasteiger partial charge on any atom is -0.352 e. The number of amides is 1. The molecule has 1 aliphatic heterocycles. The molecule has 5 nitrogen and oxygen atoms in total. The van der Waals surface area contributed by atoms with Crippen LogP contribution in [0.5, 0.6) is 0 Å². The zero-order valence-corrected chi connectivity index (χ0v) is 15.1. The van der Waals surface area contributed by atoms with E-state index in [0.717, 1.165) is 41.5 Å². The lowest BCUT2D eigenvalue weighted by molar-refractivity contribution is -0.116. The lowest BCUT2D eigenvalue weighted by Crippen LogP contribution is -2.23. The number of imidazole rings is 1. The number of aromatic nitrogens is 3. The summed E-state index contributed by atoms with van der Waals surface area (Å²) in [6.07, 6.45) is 12.0. The molecule has 1 aliphatic rings. The summed E-state index contributed by atoms with van der Waals surface area (Å²) in [6.45, 7) is 1.68. The molecule has 0 saturated carbocycles. The standard InChI is InChI=1S/C21H24N4O/c1-24-14-16(18-6-2-3-7-19(18)24)9-10-21(26)22-12-11-17-15-25-13-5-4-8-20(25)23-17/h2-3,6-7,9-10,14-15H,4-5,8,11-13H2,1H3,(H,22,26)/b10-9-. The van der Waals surface area contributed by atoms with Crippen molar-refractivity contribution in [3.63, 3.8) is 0 Å². The number of nitrogens with one attached hydrogen (secondary N) is 1. The van der Waals surface area contributed by atoms with Crippen molar-refractivity contribution < 1.29 is 4.79 Å². The van der Waals surface area contributed by atoms with Gasteiger partial charge in [-0.2, -0.15) is 0 Å². The number of hydrogen-bond donors (Lipinski definition) is 1. The van der Waals surface area contributed by atoms with Crippen molar-refractivity contribution in [1.82, 2.24) is 19.4 Å². The molecular formula is C21H24N4O. The second-order valence-corrected chi connectivity index (χ2v) is 6.89. The Morgan fingerprint density at radius 3 is 3.04 bits per heavy atom. The first-order chi connectivity index (χ1) is 12.7. The first-order valence-corrected chi connectivity index (χ1v) is 9.25. The highest BCUT2D eigenvalue weighted by molar-refractivity contribution is 5.96. The van der Waals surface area contributed by atoms with Crippen LogP contribution in [0.15, 0.2) is 42.7 Å². The van der Waals surface area contributed by atoms with Gasteiger partial charge >= 0.3 is 0 Å². The lowest BCUT2D eigenvalue weighted by atomic mass is 10.1. The molecule has 0 spiro atoms. The van der Waals surface area contributed by atoms with Gasteiger partial charge in [-0.3, -0.25) is 4.79 Å². The topological polar surface area (TPSA) is 51.9 Å². The predicted molar refractivity (Wildman–Crippen MR) is 104 cm³/mol. The van der Waals surface area contributed by atoms with Gasteiger partial charge in [-0.05, 0) is 25.0 Å². The van der Waals surface area contributed by atoms with Crippen LogP contribution in [0.1, 0.15) is 29.9 Å². The van der Waals surface area contributed by atoms with Crippen LogP contribution in [0.25, 0.3) is 17.0 Å². The number of rotatable bonds is 5. The van der Waals surface area contributed by atoms with E-state index < -0.39 is 0 Å². The number of para-hydroxylation sites is 1. The molecule has 0 saturated heterocycles. The molecule has 2 aromatic heterocycles. The largest absolute Gasteiger partial charge is 0.352 e. The molecule has 3 aromatic rings. The fourth-order valence-electron chi connectivity index (χ4n) is 3.64. The fourth-order valence-corrected chi connectivity index (χ4v) is 3.64. The summed E-state index contributed by atoms with van der Waals surface area (Å²) in [7, 11) is 2.02. The van der Waals surface area contributed by atoms with E-state index in [1.807, 2.05) is 31.5 Å². The SMILES string of the molecule is Cn1cc(/C=C\C(=O)NCCc2cn3c(n2)CCCC3)c2ccccc21. The van der Waals surface area contributed by atoms with E-state index in [4.69, 9.17) is 0 Å². The molecule has 1 N–H and O–H groups in total. The molecule has 0 aliphatic carbocycles.